The summed E-state index contributed by atoms with van der Waals surface area (Å²) < 4.78 is 47.7. The monoisotopic (exact) mass is 607 g/mol. The van der Waals surface area contributed by atoms with Crippen molar-refractivity contribution in [1.29, 1.82) is 0 Å². The van der Waals surface area contributed by atoms with Gasteiger partial charge in [0.25, 0.3) is 17.6 Å². The highest BCUT2D eigenvalue weighted by molar-refractivity contribution is 6.00. The van der Waals surface area contributed by atoms with Crippen LogP contribution in [0.3, 0.4) is 0 Å². The summed E-state index contributed by atoms with van der Waals surface area (Å²) in [6.07, 6.45) is -4.49. The van der Waals surface area contributed by atoms with Crippen LogP contribution in [0.25, 0.3) is 5.70 Å². The zero-order chi connectivity index (χ0) is 32.0. The molecule has 1 aliphatic rings. The van der Waals surface area contributed by atoms with Gasteiger partial charge in [-0.3, -0.25) is 19.2 Å². The molecule has 1 heterocycles. The molecule has 0 fully saturated rings. The summed E-state index contributed by atoms with van der Waals surface area (Å²) in [6, 6.07) is 21.3. The molecule has 0 spiro atoms. The number of nitrogens with zero attached hydrogens (tertiary/aromatic N) is 3. The highest BCUT2D eigenvalue weighted by Crippen LogP contribution is 2.34. The Morgan fingerprint density at radius 2 is 1.43 bits per heavy atom. The van der Waals surface area contributed by atoms with E-state index in [-0.39, 0.29) is 5.70 Å². The Bertz CT molecular complexity index is 1510. The van der Waals surface area contributed by atoms with E-state index in [4.69, 9.17) is 4.74 Å². The van der Waals surface area contributed by atoms with Crippen LogP contribution in [0.1, 0.15) is 31.9 Å². The molecule has 0 aliphatic carbocycles. The van der Waals surface area contributed by atoms with Gasteiger partial charge >= 0.3 is 6.18 Å². The van der Waals surface area contributed by atoms with Gasteiger partial charge in [-0.05, 0) is 23.6 Å². The number of benzene rings is 3. The van der Waals surface area contributed by atoms with Crippen LogP contribution < -0.4 is 4.74 Å². The standard InChI is InChI=1S/C33H32F3N3O5/c1-22(2)30-32(43)39(38(23(3)40)27(31(42)33(34,35)36)19-24-13-7-4-8-14-24)28(25-15-9-5-10-16-25)20-37(30)29(41)21-44-26-17-11-6-12-18-26/h4-18,20,22,27,30H,19,21H2,1-3H3. The Labute approximate surface area is 253 Å². The fraction of sp³-hybridized carbons (Fsp3) is 0.273. The molecule has 0 bridgehead atoms. The largest absolute Gasteiger partial charge is 0.484 e. The number of para-hydroxylation sites is 1. The molecule has 0 radical (unpaired) electrons. The molecule has 0 saturated carbocycles. The van der Waals surface area contributed by atoms with Crippen LogP contribution >= 0.6 is 0 Å². The fourth-order valence-electron chi connectivity index (χ4n) is 5.04. The molecule has 8 nitrogen and oxygen atoms in total. The molecule has 0 N–H and O–H groups in total. The van der Waals surface area contributed by atoms with Crippen molar-refractivity contribution in [3.05, 3.63) is 108 Å². The number of hydrogen-bond donors (Lipinski definition) is 0. The number of alkyl halides is 3. The van der Waals surface area contributed by atoms with Crippen molar-refractivity contribution >= 4 is 29.2 Å². The molecule has 3 amide bonds. The molecule has 3 aromatic carbocycles. The average Bonchev–Trinajstić information content (AvgIpc) is 3.00. The quantitative estimate of drug-likeness (QED) is 0.314. The number of rotatable bonds is 10. The van der Waals surface area contributed by atoms with E-state index >= 15 is 0 Å². The van der Waals surface area contributed by atoms with Crippen molar-refractivity contribution in [3.63, 3.8) is 0 Å². The SMILES string of the molecule is CC(=O)N(C(Cc1ccccc1)C(=O)C(F)(F)F)N1C(=O)C(C(C)C)N(C(=O)COc2ccccc2)C=C1c1ccccc1. The predicted molar refractivity (Wildman–Crippen MR) is 156 cm³/mol. The molecule has 2 unspecified atom stereocenters. The van der Waals surface area contributed by atoms with Gasteiger partial charge in [-0.25, -0.2) is 10.0 Å². The van der Waals surface area contributed by atoms with Gasteiger partial charge in [0.15, 0.2) is 6.61 Å². The van der Waals surface area contributed by atoms with E-state index in [2.05, 4.69) is 0 Å². The number of ketones is 1. The first-order valence-electron chi connectivity index (χ1n) is 13.9. The van der Waals surface area contributed by atoms with Gasteiger partial charge in [0.2, 0.25) is 5.91 Å². The van der Waals surface area contributed by atoms with Gasteiger partial charge in [-0.1, -0.05) is 92.7 Å². The van der Waals surface area contributed by atoms with Crippen molar-refractivity contribution in [3.8, 4) is 5.75 Å². The van der Waals surface area contributed by atoms with Crippen molar-refractivity contribution in [2.75, 3.05) is 6.61 Å². The predicted octanol–water partition coefficient (Wildman–Crippen LogP) is 5.27. The third-order valence-electron chi connectivity index (χ3n) is 7.03. The number of carbonyl (C=O) groups is 4. The van der Waals surface area contributed by atoms with E-state index < -0.39 is 60.7 Å². The first kappa shape index (κ1) is 32.0. The van der Waals surface area contributed by atoms with Crippen LogP contribution in [0, 0.1) is 5.92 Å². The van der Waals surface area contributed by atoms with E-state index in [9.17, 15) is 32.3 Å². The molecule has 1 aliphatic heterocycles. The zero-order valence-electron chi connectivity index (χ0n) is 24.4. The van der Waals surface area contributed by atoms with Gasteiger partial charge in [0, 0.05) is 25.1 Å². The molecule has 4 rings (SSSR count). The first-order chi connectivity index (χ1) is 20.9. The minimum atomic E-state index is -5.31. The lowest BCUT2D eigenvalue weighted by molar-refractivity contribution is -0.187. The molecule has 0 aromatic heterocycles. The Hall–Kier alpha value is -4.93. The summed E-state index contributed by atoms with van der Waals surface area (Å²) in [6.45, 7) is 3.90. The summed E-state index contributed by atoms with van der Waals surface area (Å²) in [4.78, 5) is 55.3. The van der Waals surface area contributed by atoms with Gasteiger partial charge in [0.05, 0.1) is 5.70 Å². The van der Waals surface area contributed by atoms with Crippen LogP contribution in [0.4, 0.5) is 13.2 Å². The summed E-state index contributed by atoms with van der Waals surface area (Å²) in [5, 5.41) is 1.39. The van der Waals surface area contributed by atoms with Crippen molar-refractivity contribution in [1.82, 2.24) is 14.9 Å². The van der Waals surface area contributed by atoms with E-state index in [1.54, 1.807) is 92.7 Å². The third kappa shape index (κ3) is 7.16. The van der Waals surface area contributed by atoms with E-state index in [1.165, 1.54) is 23.2 Å². The zero-order valence-corrected chi connectivity index (χ0v) is 24.4. The minimum Gasteiger partial charge on any atom is -0.484 e. The average molecular weight is 608 g/mol. The minimum absolute atomic E-state index is 0.0520. The molecular formula is C33H32F3N3O5. The van der Waals surface area contributed by atoms with Crippen molar-refractivity contribution in [2.45, 2.75) is 45.5 Å². The highest BCUT2D eigenvalue weighted by Gasteiger charge is 2.51. The molecule has 44 heavy (non-hydrogen) atoms. The Kier molecular flexibility index (Phi) is 9.87. The van der Waals surface area contributed by atoms with Gasteiger partial charge in [-0.15, -0.1) is 0 Å². The summed E-state index contributed by atoms with van der Waals surface area (Å²) in [5.41, 5.74) is 0.629. The summed E-state index contributed by atoms with van der Waals surface area (Å²) >= 11 is 0. The Morgan fingerprint density at radius 3 is 1.95 bits per heavy atom. The fourth-order valence-corrected chi connectivity index (χ4v) is 5.04. The molecule has 11 heteroatoms. The lowest BCUT2D eigenvalue weighted by Crippen LogP contribution is -2.64. The third-order valence-corrected chi connectivity index (χ3v) is 7.03. The van der Waals surface area contributed by atoms with Gasteiger partial charge in [-0.2, -0.15) is 13.2 Å². The number of hydrogen-bond acceptors (Lipinski definition) is 5. The van der Waals surface area contributed by atoms with Gasteiger partial charge < -0.3 is 9.64 Å². The van der Waals surface area contributed by atoms with Crippen molar-refractivity contribution in [2.24, 2.45) is 5.92 Å². The topological polar surface area (TPSA) is 87.2 Å². The lowest BCUT2D eigenvalue weighted by atomic mass is 9.96. The number of halogens is 3. The lowest BCUT2D eigenvalue weighted by Gasteiger charge is -2.47. The second kappa shape index (κ2) is 13.6. The molecular weight excluding hydrogens is 575 g/mol. The van der Waals surface area contributed by atoms with E-state index in [0.717, 1.165) is 11.9 Å². The van der Waals surface area contributed by atoms with Crippen LogP contribution in [0.5, 0.6) is 5.75 Å². The summed E-state index contributed by atoms with van der Waals surface area (Å²) in [5.74, 6) is -4.70. The normalized spacial score (nSPS) is 15.9. The smallest absolute Gasteiger partial charge is 0.452 e. The first-order valence-corrected chi connectivity index (χ1v) is 13.9. The van der Waals surface area contributed by atoms with E-state index in [0.29, 0.717) is 21.9 Å². The second-order valence-corrected chi connectivity index (χ2v) is 10.6. The van der Waals surface area contributed by atoms with Gasteiger partial charge in [0.1, 0.15) is 17.8 Å². The van der Waals surface area contributed by atoms with Crippen LogP contribution in [0.2, 0.25) is 0 Å². The molecule has 2 atom stereocenters. The maximum atomic E-state index is 14.4. The maximum absolute atomic E-state index is 14.4. The molecule has 3 aromatic rings. The maximum Gasteiger partial charge on any atom is 0.452 e. The number of Topliss-reactive ketones (excluding diaryl/α,β-unsaturated/α-hetero) is 1. The number of hydrazine groups is 1. The highest BCUT2D eigenvalue weighted by atomic mass is 19.4. The summed E-state index contributed by atoms with van der Waals surface area (Å²) in [7, 11) is 0. The number of carbonyl (C=O) groups excluding carboxylic acids is 4. The Morgan fingerprint density at radius 1 is 0.886 bits per heavy atom. The number of amides is 3. The van der Waals surface area contributed by atoms with Crippen LogP contribution in [-0.2, 0) is 25.6 Å². The molecule has 230 valence electrons. The van der Waals surface area contributed by atoms with Crippen molar-refractivity contribution < 1.29 is 37.1 Å². The van der Waals surface area contributed by atoms with E-state index in [1.807, 2.05) is 0 Å². The Balaban J connectivity index is 1.86. The van der Waals surface area contributed by atoms with Crippen LogP contribution in [0.15, 0.2) is 97.2 Å². The second-order valence-electron chi connectivity index (χ2n) is 10.6. The number of ether oxygens (including phenoxy) is 1. The molecule has 0 saturated heterocycles. The van der Waals surface area contributed by atoms with Crippen LogP contribution in [-0.4, -0.2) is 63.3 Å².